The second-order valence-electron chi connectivity index (χ2n) is 3.94. The Balaban J connectivity index is 1.58. The Kier molecular flexibility index (Phi) is 4.39. The van der Waals surface area contributed by atoms with E-state index in [4.69, 9.17) is 0 Å². The third kappa shape index (κ3) is 3.75. The molecule has 0 unspecified atom stereocenters. The number of H-pyrrole nitrogens is 1. The largest absolute Gasteiger partial charge is 0.349 e. The van der Waals surface area contributed by atoms with E-state index in [1.807, 2.05) is 0 Å². The van der Waals surface area contributed by atoms with Crippen molar-refractivity contribution in [2.45, 2.75) is 6.42 Å². The first-order valence-corrected chi connectivity index (χ1v) is 5.81. The maximum atomic E-state index is 11.4. The van der Waals surface area contributed by atoms with Gasteiger partial charge in [-0.3, -0.25) is 4.79 Å². The SMILES string of the molecule is O=C(NCCCN1CCNCC1)c1nn[nH]n1. The molecule has 0 radical (unpaired) electrons. The molecule has 1 aromatic heterocycles. The first-order valence-electron chi connectivity index (χ1n) is 5.81. The van der Waals surface area contributed by atoms with Gasteiger partial charge in [-0.05, 0) is 18.2 Å². The zero-order valence-corrected chi connectivity index (χ0v) is 9.65. The van der Waals surface area contributed by atoms with Crippen LogP contribution in [0, 0.1) is 0 Å². The lowest BCUT2D eigenvalue weighted by atomic mass is 10.3. The van der Waals surface area contributed by atoms with Gasteiger partial charge in [0.15, 0.2) is 0 Å². The molecule has 0 aliphatic carbocycles. The Hall–Kier alpha value is -1.54. The van der Waals surface area contributed by atoms with Gasteiger partial charge in [-0.2, -0.15) is 5.21 Å². The van der Waals surface area contributed by atoms with Gasteiger partial charge in [0, 0.05) is 32.7 Å². The topological polar surface area (TPSA) is 98.8 Å². The zero-order valence-electron chi connectivity index (χ0n) is 9.65. The fourth-order valence-corrected chi connectivity index (χ4v) is 1.78. The second-order valence-corrected chi connectivity index (χ2v) is 3.94. The van der Waals surface area contributed by atoms with E-state index < -0.39 is 0 Å². The van der Waals surface area contributed by atoms with Crippen LogP contribution in [0.1, 0.15) is 17.0 Å². The smallest absolute Gasteiger partial charge is 0.292 e. The molecule has 2 heterocycles. The monoisotopic (exact) mass is 239 g/mol. The molecule has 1 aliphatic rings. The highest BCUT2D eigenvalue weighted by molar-refractivity contribution is 5.89. The van der Waals surface area contributed by atoms with Crippen LogP contribution in [0.2, 0.25) is 0 Å². The molecule has 0 atom stereocenters. The lowest BCUT2D eigenvalue weighted by Gasteiger charge is -2.26. The van der Waals surface area contributed by atoms with Gasteiger partial charge < -0.3 is 15.5 Å². The number of rotatable bonds is 5. The number of nitrogens with zero attached hydrogens (tertiary/aromatic N) is 4. The van der Waals surface area contributed by atoms with E-state index in [0.29, 0.717) is 6.54 Å². The molecule has 1 amide bonds. The number of hydrogen-bond acceptors (Lipinski definition) is 6. The molecule has 0 bridgehead atoms. The molecule has 0 aromatic carbocycles. The number of piperazine rings is 1. The summed E-state index contributed by atoms with van der Waals surface area (Å²) in [5.41, 5.74) is 0. The Morgan fingerprint density at radius 1 is 1.41 bits per heavy atom. The molecule has 1 aliphatic heterocycles. The standard InChI is InChI=1S/C9H17N7O/c17-9(8-12-14-15-13-8)11-2-1-5-16-6-3-10-4-7-16/h10H,1-7H2,(H,11,17)(H,12,13,14,15). The third-order valence-corrected chi connectivity index (χ3v) is 2.69. The maximum Gasteiger partial charge on any atom is 0.292 e. The second kappa shape index (κ2) is 6.26. The zero-order chi connectivity index (χ0) is 11.9. The number of tetrazole rings is 1. The molecule has 1 aromatic rings. The van der Waals surface area contributed by atoms with E-state index in [9.17, 15) is 4.79 Å². The fourth-order valence-electron chi connectivity index (χ4n) is 1.78. The van der Waals surface area contributed by atoms with Gasteiger partial charge in [0.25, 0.3) is 11.7 Å². The minimum Gasteiger partial charge on any atom is -0.349 e. The average Bonchev–Trinajstić information content (AvgIpc) is 2.89. The summed E-state index contributed by atoms with van der Waals surface area (Å²) < 4.78 is 0. The Morgan fingerprint density at radius 3 is 2.94 bits per heavy atom. The van der Waals surface area contributed by atoms with Crippen LogP contribution in [0.25, 0.3) is 0 Å². The van der Waals surface area contributed by atoms with Crippen LogP contribution in [0.15, 0.2) is 0 Å². The van der Waals surface area contributed by atoms with Crippen molar-refractivity contribution in [3.63, 3.8) is 0 Å². The van der Waals surface area contributed by atoms with Gasteiger partial charge in [0.05, 0.1) is 0 Å². The van der Waals surface area contributed by atoms with Crippen molar-refractivity contribution >= 4 is 5.91 Å². The molecule has 3 N–H and O–H groups in total. The number of aromatic amines is 1. The minimum atomic E-state index is -0.279. The molecule has 8 nitrogen and oxygen atoms in total. The van der Waals surface area contributed by atoms with Crippen molar-refractivity contribution in [3.05, 3.63) is 5.82 Å². The van der Waals surface area contributed by atoms with E-state index in [2.05, 4.69) is 36.2 Å². The molecular weight excluding hydrogens is 222 g/mol. The summed E-state index contributed by atoms with van der Waals surface area (Å²) in [4.78, 5) is 13.8. The molecular formula is C9H17N7O. The van der Waals surface area contributed by atoms with Gasteiger partial charge >= 0.3 is 0 Å². The van der Waals surface area contributed by atoms with Crippen molar-refractivity contribution in [1.82, 2.24) is 36.2 Å². The summed E-state index contributed by atoms with van der Waals surface area (Å²) in [5.74, 6) is -0.189. The molecule has 17 heavy (non-hydrogen) atoms. The quantitative estimate of drug-likeness (QED) is 0.526. The molecule has 1 fully saturated rings. The van der Waals surface area contributed by atoms with E-state index in [0.717, 1.165) is 39.1 Å². The predicted molar refractivity (Wildman–Crippen MR) is 60.4 cm³/mol. The van der Waals surface area contributed by atoms with Crippen LogP contribution in [0.4, 0.5) is 0 Å². The number of hydrogen-bond donors (Lipinski definition) is 3. The lowest BCUT2D eigenvalue weighted by Crippen LogP contribution is -2.44. The van der Waals surface area contributed by atoms with E-state index in [-0.39, 0.29) is 11.7 Å². The number of aromatic nitrogens is 4. The highest BCUT2D eigenvalue weighted by atomic mass is 16.2. The van der Waals surface area contributed by atoms with Gasteiger partial charge in [-0.1, -0.05) is 0 Å². The molecule has 2 rings (SSSR count). The van der Waals surface area contributed by atoms with Gasteiger partial charge in [0.2, 0.25) is 0 Å². The molecule has 8 heteroatoms. The van der Waals surface area contributed by atoms with Crippen LogP contribution in [-0.4, -0.2) is 70.7 Å². The van der Waals surface area contributed by atoms with E-state index >= 15 is 0 Å². The minimum absolute atomic E-state index is 0.0900. The predicted octanol–water partition coefficient (Wildman–Crippen LogP) is -1.78. The summed E-state index contributed by atoms with van der Waals surface area (Å²) in [6.07, 6.45) is 0.934. The summed E-state index contributed by atoms with van der Waals surface area (Å²) >= 11 is 0. The first kappa shape index (κ1) is 11.9. The summed E-state index contributed by atoms with van der Waals surface area (Å²) in [6.45, 7) is 5.91. The maximum absolute atomic E-state index is 11.4. The molecule has 0 saturated carbocycles. The van der Waals surface area contributed by atoms with Crippen LogP contribution >= 0.6 is 0 Å². The van der Waals surface area contributed by atoms with Crippen LogP contribution in [-0.2, 0) is 0 Å². The summed E-state index contributed by atoms with van der Waals surface area (Å²) in [6, 6.07) is 0. The third-order valence-electron chi connectivity index (χ3n) is 2.69. The van der Waals surface area contributed by atoms with Gasteiger partial charge in [0.1, 0.15) is 0 Å². The number of amides is 1. The van der Waals surface area contributed by atoms with Gasteiger partial charge in [-0.25, -0.2) is 0 Å². The van der Waals surface area contributed by atoms with Crippen molar-refractivity contribution in [2.24, 2.45) is 0 Å². The number of nitrogens with one attached hydrogen (secondary N) is 3. The Bertz CT molecular complexity index is 333. The van der Waals surface area contributed by atoms with Crippen molar-refractivity contribution in [2.75, 3.05) is 39.3 Å². The summed E-state index contributed by atoms with van der Waals surface area (Å²) in [5, 5.41) is 18.9. The van der Waals surface area contributed by atoms with E-state index in [1.54, 1.807) is 0 Å². The average molecular weight is 239 g/mol. The van der Waals surface area contributed by atoms with E-state index in [1.165, 1.54) is 0 Å². The van der Waals surface area contributed by atoms with Crippen molar-refractivity contribution in [1.29, 1.82) is 0 Å². The van der Waals surface area contributed by atoms with Crippen LogP contribution in [0.5, 0.6) is 0 Å². The normalized spacial score (nSPS) is 16.9. The number of carbonyl (C=O) groups is 1. The van der Waals surface area contributed by atoms with Gasteiger partial charge in [-0.15, -0.1) is 10.2 Å². The van der Waals surface area contributed by atoms with Crippen LogP contribution < -0.4 is 10.6 Å². The molecule has 94 valence electrons. The van der Waals surface area contributed by atoms with Crippen molar-refractivity contribution in [3.8, 4) is 0 Å². The lowest BCUT2D eigenvalue weighted by molar-refractivity contribution is 0.0941. The summed E-state index contributed by atoms with van der Waals surface area (Å²) in [7, 11) is 0. The highest BCUT2D eigenvalue weighted by Gasteiger charge is 2.11. The fraction of sp³-hybridized carbons (Fsp3) is 0.778. The highest BCUT2D eigenvalue weighted by Crippen LogP contribution is 1.93. The number of carbonyl (C=O) groups excluding carboxylic acids is 1. The Labute approximate surface area is 99.1 Å². The first-order chi connectivity index (χ1) is 8.36. The Morgan fingerprint density at radius 2 is 2.24 bits per heavy atom. The van der Waals surface area contributed by atoms with Crippen molar-refractivity contribution < 1.29 is 4.79 Å². The molecule has 1 saturated heterocycles. The van der Waals surface area contributed by atoms with Crippen LogP contribution in [0.3, 0.4) is 0 Å². The molecule has 0 spiro atoms.